The van der Waals surface area contributed by atoms with Gasteiger partial charge in [0.2, 0.25) is 5.91 Å². The molecule has 0 heterocycles. The molecule has 4 atom stereocenters. The predicted octanol–water partition coefficient (Wildman–Crippen LogP) is 1.03. The van der Waals surface area contributed by atoms with Gasteiger partial charge in [0, 0.05) is 12.8 Å². The van der Waals surface area contributed by atoms with E-state index in [-0.39, 0.29) is 41.7 Å². The summed E-state index contributed by atoms with van der Waals surface area (Å²) in [6.45, 7) is 5.50. The number of esters is 2. The first-order chi connectivity index (χ1) is 10.4. The number of ether oxygens (including phenoxy) is 2. The van der Waals surface area contributed by atoms with Crippen molar-refractivity contribution in [3.63, 3.8) is 0 Å². The highest BCUT2D eigenvalue weighted by molar-refractivity contribution is 5.92. The molecule has 22 heavy (non-hydrogen) atoms. The Kier molecular flexibility index (Phi) is 3.45. The Morgan fingerprint density at radius 1 is 1.09 bits per heavy atom. The van der Waals surface area contributed by atoms with Gasteiger partial charge in [0.1, 0.15) is 5.54 Å². The fourth-order valence-corrected chi connectivity index (χ4v) is 4.64. The van der Waals surface area contributed by atoms with Crippen LogP contribution in [0.15, 0.2) is 0 Å². The second kappa shape index (κ2) is 4.96. The first kappa shape index (κ1) is 15.3. The molecule has 1 amide bonds. The summed E-state index contributed by atoms with van der Waals surface area (Å²) in [6.07, 6.45) is 2.60. The maximum Gasteiger partial charge on any atom is 0.332 e. The summed E-state index contributed by atoms with van der Waals surface area (Å²) in [5.41, 5.74) is -1.04. The lowest BCUT2D eigenvalue weighted by atomic mass is 9.84. The Morgan fingerprint density at radius 2 is 1.73 bits per heavy atom. The summed E-state index contributed by atoms with van der Waals surface area (Å²) in [6, 6.07) is 0. The fourth-order valence-electron chi connectivity index (χ4n) is 4.64. The van der Waals surface area contributed by atoms with E-state index in [1.54, 1.807) is 13.8 Å². The molecule has 0 aliphatic heterocycles. The fraction of sp³-hybridized carbons (Fsp3) is 0.812. The lowest BCUT2D eigenvalue weighted by molar-refractivity contribution is -0.156. The second-order valence-electron chi connectivity index (χ2n) is 6.74. The molecule has 3 rings (SSSR count). The average molecular weight is 309 g/mol. The minimum absolute atomic E-state index is 0.0112. The van der Waals surface area contributed by atoms with Crippen LogP contribution in [-0.2, 0) is 23.9 Å². The van der Waals surface area contributed by atoms with Crippen LogP contribution in [-0.4, -0.2) is 36.6 Å². The van der Waals surface area contributed by atoms with E-state index in [1.165, 1.54) is 6.92 Å². The molecule has 4 unspecified atom stereocenters. The summed E-state index contributed by atoms with van der Waals surface area (Å²) in [7, 11) is 0. The molecule has 0 radical (unpaired) electrons. The van der Waals surface area contributed by atoms with E-state index in [0.717, 1.165) is 12.8 Å². The molecule has 0 aromatic rings. The van der Waals surface area contributed by atoms with E-state index < -0.39 is 11.5 Å². The molecule has 122 valence electrons. The van der Waals surface area contributed by atoms with Crippen molar-refractivity contribution in [3.05, 3.63) is 0 Å². The predicted molar refractivity (Wildman–Crippen MR) is 76.6 cm³/mol. The van der Waals surface area contributed by atoms with Crippen molar-refractivity contribution in [1.29, 1.82) is 0 Å². The van der Waals surface area contributed by atoms with Gasteiger partial charge >= 0.3 is 11.9 Å². The zero-order valence-electron chi connectivity index (χ0n) is 13.3. The van der Waals surface area contributed by atoms with Gasteiger partial charge in [-0.05, 0) is 44.4 Å². The molecule has 6 heteroatoms. The minimum Gasteiger partial charge on any atom is -0.466 e. The standard InChI is InChI=1S/C16H23NO5/c1-4-21-13(19)10-11-12(10)16(17-9(3)18,14(20)22-5-2)8-15(11)6-7-15/h10-12H,4-8H2,1-3H3,(H,17,18). The highest BCUT2D eigenvalue weighted by atomic mass is 16.5. The van der Waals surface area contributed by atoms with E-state index in [0.29, 0.717) is 13.0 Å². The SMILES string of the molecule is CCOC(=O)C1C2C1C(NC(C)=O)(C(=O)OCC)CC21CC1. The van der Waals surface area contributed by atoms with Gasteiger partial charge in [-0.1, -0.05) is 0 Å². The molecule has 3 fully saturated rings. The number of carbonyl (C=O) groups is 3. The first-order valence-corrected chi connectivity index (χ1v) is 8.04. The smallest absolute Gasteiger partial charge is 0.332 e. The molecule has 0 aromatic heterocycles. The van der Waals surface area contributed by atoms with Crippen molar-refractivity contribution in [2.75, 3.05) is 13.2 Å². The molecule has 0 aromatic carbocycles. The molecule has 0 saturated heterocycles. The number of nitrogens with one attached hydrogen (secondary N) is 1. The summed E-state index contributed by atoms with van der Waals surface area (Å²) >= 11 is 0. The lowest BCUT2D eigenvalue weighted by Crippen LogP contribution is -2.56. The van der Waals surface area contributed by atoms with Crippen LogP contribution in [0.25, 0.3) is 0 Å². The van der Waals surface area contributed by atoms with Crippen LogP contribution >= 0.6 is 0 Å². The Labute approximate surface area is 129 Å². The molecule has 1 spiro atoms. The zero-order chi connectivity index (χ0) is 16.1. The molecule has 3 aliphatic carbocycles. The van der Waals surface area contributed by atoms with Crippen molar-refractivity contribution in [3.8, 4) is 0 Å². The third-order valence-corrected chi connectivity index (χ3v) is 5.42. The van der Waals surface area contributed by atoms with Gasteiger partial charge in [0.05, 0.1) is 19.1 Å². The molecule has 3 aliphatic rings. The summed E-state index contributed by atoms with van der Waals surface area (Å²) < 4.78 is 10.4. The third-order valence-electron chi connectivity index (χ3n) is 5.42. The molecule has 1 N–H and O–H groups in total. The van der Waals surface area contributed by atoms with Crippen molar-refractivity contribution in [2.24, 2.45) is 23.2 Å². The Bertz CT molecular complexity index is 527. The van der Waals surface area contributed by atoms with Gasteiger partial charge in [-0.2, -0.15) is 0 Å². The van der Waals surface area contributed by atoms with Gasteiger partial charge in [-0.25, -0.2) is 4.79 Å². The number of hydrogen-bond donors (Lipinski definition) is 1. The van der Waals surface area contributed by atoms with Gasteiger partial charge < -0.3 is 14.8 Å². The highest BCUT2D eigenvalue weighted by Crippen LogP contribution is 2.78. The molecule has 0 bridgehead atoms. The van der Waals surface area contributed by atoms with E-state index >= 15 is 0 Å². The van der Waals surface area contributed by atoms with Gasteiger partial charge in [0.25, 0.3) is 0 Å². The van der Waals surface area contributed by atoms with Gasteiger partial charge in [0.15, 0.2) is 0 Å². The summed E-state index contributed by atoms with van der Waals surface area (Å²) in [5, 5.41) is 2.83. The Balaban J connectivity index is 1.91. The minimum atomic E-state index is -1.06. The van der Waals surface area contributed by atoms with Crippen molar-refractivity contribution < 1.29 is 23.9 Å². The largest absolute Gasteiger partial charge is 0.466 e. The monoisotopic (exact) mass is 309 g/mol. The number of amides is 1. The van der Waals surface area contributed by atoms with E-state index in [2.05, 4.69) is 5.32 Å². The maximum absolute atomic E-state index is 12.6. The number of fused-ring (bicyclic) bond motifs is 2. The van der Waals surface area contributed by atoms with Crippen LogP contribution in [0.4, 0.5) is 0 Å². The Hall–Kier alpha value is -1.59. The van der Waals surface area contributed by atoms with Crippen molar-refractivity contribution in [2.45, 2.75) is 45.6 Å². The summed E-state index contributed by atoms with van der Waals surface area (Å²) in [4.78, 5) is 36.5. The van der Waals surface area contributed by atoms with E-state index in [4.69, 9.17) is 9.47 Å². The van der Waals surface area contributed by atoms with Crippen molar-refractivity contribution in [1.82, 2.24) is 5.32 Å². The third kappa shape index (κ3) is 2.03. The molecule has 3 saturated carbocycles. The lowest BCUT2D eigenvalue weighted by Gasteiger charge is -2.32. The van der Waals surface area contributed by atoms with Crippen LogP contribution in [0.1, 0.15) is 40.0 Å². The van der Waals surface area contributed by atoms with Gasteiger partial charge in [-0.15, -0.1) is 0 Å². The number of rotatable bonds is 5. The van der Waals surface area contributed by atoms with E-state index in [1.807, 2.05) is 0 Å². The number of carbonyl (C=O) groups excluding carboxylic acids is 3. The van der Waals surface area contributed by atoms with E-state index in [9.17, 15) is 14.4 Å². The Morgan fingerprint density at radius 3 is 2.23 bits per heavy atom. The van der Waals surface area contributed by atoms with Gasteiger partial charge in [-0.3, -0.25) is 9.59 Å². The van der Waals surface area contributed by atoms with Crippen LogP contribution in [0.5, 0.6) is 0 Å². The maximum atomic E-state index is 12.6. The highest BCUT2D eigenvalue weighted by Gasteiger charge is 2.83. The molecular weight excluding hydrogens is 286 g/mol. The second-order valence-corrected chi connectivity index (χ2v) is 6.74. The first-order valence-electron chi connectivity index (χ1n) is 8.04. The quantitative estimate of drug-likeness (QED) is 0.767. The topological polar surface area (TPSA) is 81.7 Å². The molecular formula is C16H23NO5. The van der Waals surface area contributed by atoms with Crippen molar-refractivity contribution >= 4 is 17.8 Å². The number of hydrogen-bond acceptors (Lipinski definition) is 5. The zero-order valence-corrected chi connectivity index (χ0v) is 13.3. The van der Waals surface area contributed by atoms with Crippen LogP contribution in [0, 0.1) is 23.2 Å². The van der Waals surface area contributed by atoms with Crippen LogP contribution in [0.2, 0.25) is 0 Å². The normalized spacial score (nSPS) is 36.4. The molecule has 6 nitrogen and oxygen atoms in total. The average Bonchev–Trinajstić information content (AvgIpc) is 3.29. The summed E-state index contributed by atoms with van der Waals surface area (Å²) in [5.74, 6) is -1.25. The van der Waals surface area contributed by atoms with Crippen LogP contribution < -0.4 is 5.32 Å². The van der Waals surface area contributed by atoms with Crippen LogP contribution in [0.3, 0.4) is 0 Å².